The molecule has 0 saturated heterocycles. The first-order valence-electron chi connectivity index (χ1n) is 38.1. The summed E-state index contributed by atoms with van der Waals surface area (Å²) < 4.78 is 68.3. The number of hydrogen-bond acceptors (Lipinski definition) is 15. The molecule has 0 radical (unpaired) electrons. The molecule has 0 aliphatic heterocycles. The first-order valence-corrected chi connectivity index (χ1v) is 41.1. The first kappa shape index (κ1) is 94.9. The Morgan fingerprint density at radius 3 is 0.910 bits per heavy atom. The Hall–Kier alpha value is -5.06. The van der Waals surface area contributed by atoms with Crippen LogP contribution in [0.2, 0.25) is 0 Å². The number of allylic oxidation sites excluding steroid dienone is 23. The number of rotatable bonds is 70. The molecule has 0 heterocycles. The molecule has 19 heteroatoms. The van der Waals surface area contributed by atoms with E-state index in [1.807, 2.05) is 18.2 Å². The number of phosphoric acid groups is 2. The lowest BCUT2D eigenvalue weighted by atomic mass is 10.0. The van der Waals surface area contributed by atoms with Crippen molar-refractivity contribution < 1.29 is 80.2 Å². The van der Waals surface area contributed by atoms with Gasteiger partial charge in [-0.3, -0.25) is 37.3 Å². The van der Waals surface area contributed by atoms with Gasteiger partial charge in [0, 0.05) is 19.3 Å². The summed E-state index contributed by atoms with van der Waals surface area (Å²) in [4.78, 5) is 72.8. The molecule has 100 heavy (non-hydrogen) atoms. The Morgan fingerprint density at radius 2 is 0.560 bits per heavy atom. The van der Waals surface area contributed by atoms with Crippen LogP contribution in [0.3, 0.4) is 0 Å². The Balaban J connectivity index is 5.47. The quantitative estimate of drug-likeness (QED) is 0.0169. The monoisotopic (exact) mass is 1440 g/mol. The maximum absolute atomic E-state index is 13.1. The summed E-state index contributed by atoms with van der Waals surface area (Å²) in [6.45, 7) is 4.35. The van der Waals surface area contributed by atoms with E-state index in [1.165, 1.54) is 64.2 Å². The largest absolute Gasteiger partial charge is 0.472 e. The average Bonchev–Trinajstić information content (AvgIpc) is 1.01. The Labute approximate surface area is 605 Å². The molecule has 0 saturated carbocycles. The number of aliphatic hydroxyl groups excluding tert-OH is 1. The summed E-state index contributed by atoms with van der Waals surface area (Å²) in [7, 11) is -10.00. The van der Waals surface area contributed by atoms with E-state index in [9.17, 15) is 43.2 Å². The van der Waals surface area contributed by atoms with E-state index in [0.29, 0.717) is 25.7 Å². The molecule has 5 unspecified atom stereocenters. The highest BCUT2D eigenvalue weighted by molar-refractivity contribution is 7.47. The summed E-state index contributed by atoms with van der Waals surface area (Å²) in [5.41, 5.74) is 0. The number of phosphoric ester groups is 2. The normalized spacial score (nSPS) is 14.8. The zero-order chi connectivity index (χ0) is 73.2. The number of carbonyl (C=O) groups is 4. The molecule has 0 aromatic carbocycles. The molecular formula is C81H134O17P2. The maximum atomic E-state index is 13.1. The Bertz CT molecular complexity index is 2470. The first-order chi connectivity index (χ1) is 48.7. The number of unbranched alkanes of at least 4 members (excludes halogenated alkanes) is 21. The van der Waals surface area contributed by atoms with Gasteiger partial charge < -0.3 is 33.8 Å². The molecule has 0 spiro atoms. The summed E-state index contributed by atoms with van der Waals surface area (Å²) in [6, 6.07) is 0. The fourth-order valence-corrected chi connectivity index (χ4v) is 11.2. The predicted octanol–water partition coefficient (Wildman–Crippen LogP) is 21.9. The Morgan fingerprint density at radius 1 is 0.300 bits per heavy atom. The molecule has 0 fully saturated rings. The summed E-state index contributed by atoms with van der Waals surface area (Å²) >= 11 is 0. The van der Waals surface area contributed by atoms with E-state index in [1.54, 1.807) is 6.08 Å². The zero-order valence-corrected chi connectivity index (χ0v) is 63.9. The van der Waals surface area contributed by atoms with E-state index < -0.39 is 97.5 Å². The molecule has 0 rings (SSSR count). The van der Waals surface area contributed by atoms with Crippen molar-refractivity contribution in [3.8, 4) is 0 Å². The zero-order valence-electron chi connectivity index (χ0n) is 62.1. The van der Waals surface area contributed by atoms with Crippen molar-refractivity contribution in [2.24, 2.45) is 0 Å². The lowest BCUT2D eigenvalue weighted by Gasteiger charge is -2.21. The van der Waals surface area contributed by atoms with Crippen LogP contribution in [-0.4, -0.2) is 96.7 Å². The standard InChI is InChI=1S/C81H134O17P2/c1-5-9-13-17-21-25-29-33-37-41-45-49-53-57-61-65-78(83)91-71-76(97-80(85)67-63-59-55-51-47-43-39-35-31-27-23-19-15-11-7-3)73-95-99(87,88)93-69-75(82)70-94-100(89,90)96-74-77(98-81(86)68-64-60-56-52-48-44-40-36-32-28-24-20-16-12-8-4)72-92-79(84)66-62-58-54-50-46-42-38-34-30-26-22-18-14-10-6-2/h9-11,13-15,21-23,25-27,33-35,37-39,45-46,49-50,57,61,75-77,82H,5-8,12,16-20,24,28-32,36,40-44,47-48,51-56,58-60,62-74H2,1-4H3,(H,87,88)(H,89,90)/b13-9-,14-10-,15-11-,25-21-,26-22-,27-23-,37-33-,38-34-,39-35-,49-45-,50-46-,61-57-. The molecule has 0 amide bonds. The van der Waals surface area contributed by atoms with Crippen LogP contribution in [0.5, 0.6) is 0 Å². The van der Waals surface area contributed by atoms with E-state index in [0.717, 1.165) is 141 Å². The van der Waals surface area contributed by atoms with Crippen LogP contribution in [0.4, 0.5) is 0 Å². The minimum absolute atomic E-state index is 0.0511. The molecule has 0 bridgehead atoms. The molecule has 0 aliphatic rings. The van der Waals surface area contributed by atoms with Crippen molar-refractivity contribution in [1.29, 1.82) is 0 Å². The van der Waals surface area contributed by atoms with E-state index in [4.69, 9.17) is 37.0 Å². The van der Waals surface area contributed by atoms with Gasteiger partial charge in [-0.25, -0.2) is 9.13 Å². The second kappa shape index (κ2) is 72.3. The number of esters is 4. The van der Waals surface area contributed by atoms with E-state index in [-0.39, 0.29) is 25.7 Å². The third-order valence-corrected chi connectivity index (χ3v) is 17.2. The smallest absolute Gasteiger partial charge is 0.462 e. The van der Waals surface area contributed by atoms with Gasteiger partial charge in [-0.15, -0.1) is 0 Å². The van der Waals surface area contributed by atoms with Crippen molar-refractivity contribution >= 4 is 39.5 Å². The fourth-order valence-electron chi connectivity index (χ4n) is 9.65. The van der Waals surface area contributed by atoms with Crippen molar-refractivity contribution in [3.63, 3.8) is 0 Å². The fraction of sp³-hybridized carbons (Fsp3) is 0.654. The molecule has 17 nitrogen and oxygen atoms in total. The van der Waals surface area contributed by atoms with Crippen LogP contribution in [0, 0.1) is 0 Å². The summed E-state index contributed by atoms with van der Waals surface area (Å²) in [5, 5.41) is 10.6. The van der Waals surface area contributed by atoms with Crippen LogP contribution >= 0.6 is 15.6 Å². The summed E-state index contributed by atoms with van der Waals surface area (Å²) in [5.74, 6) is -2.39. The van der Waals surface area contributed by atoms with E-state index in [2.05, 4.69) is 149 Å². The second-order valence-corrected chi connectivity index (χ2v) is 27.7. The lowest BCUT2D eigenvalue weighted by molar-refractivity contribution is -0.161. The number of ether oxygens (including phenoxy) is 4. The maximum Gasteiger partial charge on any atom is 0.472 e. The molecular weight excluding hydrogens is 1310 g/mol. The topological polar surface area (TPSA) is 237 Å². The van der Waals surface area contributed by atoms with Gasteiger partial charge in [0.2, 0.25) is 0 Å². The van der Waals surface area contributed by atoms with Crippen molar-refractivity contribution in [1.82, 2.24) is 0 Å². The molecule has 0 aromatic heterocycles. The van der Waals surface area contributed by atoms with Gasteiger partial charge in [0.15, 0.2) is 12.2 Å². The summed E-state index contributed by atoms with van der Waals surface area (Å²) in [6.07, 6.45) is 81.6. The van der Waals surface area contributed by atoms with Crippen LogP contribution in [-0.2, 0) is 65.4 Å². The van der Waals surface area contributed by atoms with Gasteiger partial charge in [0.1, 0.15) is 19.3 Å². The average molecular weight is 1440 g/mol. The number of hydrogen-bond donors (Lipinski definition) is 3. The van der Waals surface area contributed by atoms with Crippen molar-refractivity contribution in [2.45, 2.75) is 303 Å². The third kappa shape index (κ3) is 71.3. The SMILES string of the molecule is CC/C=C\C/C=C\C/C=C\C/C=C\C/C=C\CC(=O)OCC(COP(=O)(O)OCC(O)COP(=O)(O)OCC(COC(=O)CCCC/C=C\C/C=C\C/C=C\C/C=C\CC)OC(=O)CCCCCCCCCCCCCCCCC)OC(=O)CCCCCCC/C=C\C/C=C\C/C=C\CC. The van der Waals surface area contributed by atoms with E-state index >= 15 is 0 Å². The number of carbonyl (C=O) groups excluding carboxylic acids is 4. The molecule has 0 aliphatic carbocycles. The van der Waals surface area contributed by atoms with Gasteiger partial charge in [0.25, 0.3) is 0 Å². The minimum atomic E-state index is -5.00. The number of aliphatic hydroxyl groups is 1. The Kier molecular flexibility index (Phi) is 68.6. The molecule has 0 aromatic rings. The highest BCUT2D eigenvalue weighted by Gasteiger charge is 2.30. The highest BCUT2D eigenvalue weighted by atomic mass is 31.2. The second-order valence-electron chi connectivity index (χ2n) is 24.8. The highest BCUT2D eigenvalue weighted by Crippen LogP contribution is 2.45. The third-order valence-electron chi connectivity index (χ3n) is 15.3. The lowest BCUT2D eigenvalue weighted by Crippen LogP contribution is -2.30. The molecule has 5 atom stereocenters. The molecule has 570 valence electrons. The predicted molar refractivity (Wildman–Crippen MR) is 408 cm³/mol. The minimum Gasteiger partial charge on any atom is -0.462 e. The molecule has 3 N–H and O–H groups in total. The van der Waals surface area contributed by atoms with Crippen LogP contribution in [0.25, 0.3) is 0 Å². The van der Waals surface area contributed by atoms with Crippen LogP contribution < -0.4 is 0 Å². The van der Waals surface area contributed by atoms with Crippen LogP contribution in [0.15, 0.2) is 146 Å². The van der Waals surface area contributed by atoms with Crippen molar-refractivity contribution in [2.75, 3.05) is 39.6 Å². The van der Waals surface area contributed by atoms with Gasteiger partial charge >= 0.3 is 39.5 Å². The van der Waals surface area contributed by atoms with Crippen LogP contribution in [0.1, 0.15) is 285 Å². The van der Waals surface area contributed by atoms with Gasteiger partial charge in [-0.05, 0) is 122 Å². The van der Waals surface area contributed by atoms with Crippen molar-refractivity contribution in [3.05, 3.63) is 146 Å². The van der Waals surface area contributed by atoms with Gasteiger partial charge in [-0.1, -0.05) is 283 Å². The van der Waals surface area contributed by atoms with Gasteiger partial charge in [0.05, 0.1) is 32.8 Å². The van der Waals surface area contributed by atoms with Gasteiger partial charge in [-0.2, -0.15) is 0 Å².